The molecule has 3 rings (SSSR count). The Hall–Kier alpha value is -2.30. The predicted octanol–water partition coefficient (Wildman–Crippen LogP) is 2.05. The Morgan fingerprint density at radius 3 is 2.80 bits per heavy atom. The molecule has 0 saturated heterocycles. The van der Waals surface area contributed by atoms with Crippen LogP contribution >= 0.6 is 0 Å². The number of nitrogens with two attached hydrogens (primary N) is 1. The van der Waals surface area contributed by atoms with E-state index in [0.29, 0.717) is 5.95 Å². The quantitative estimate of drug-likeness (QED) is 0.873. The minimum atomic E-state index is 0.310. The molecule has 0 unspecified atom stereocenters. The van der Waals surface area contributed by atoms with Crippen molar-refractivity contribution >= 4 is 17.6 Å². The van der Waals surface area contributed by atoms with Crippen LogP contribution in [0.2, 0.25) is 0 Å². The molecule has 2 heterocycles. The second kappa shape index (κ2) is 5.36. The van der Waals surface area contributed by atoms with Crippen LogP contribution in [0.5, 0.6) is 0 Å². The molecule has 0 atom stereocenters. The first-order chi connectivity index (χ1) is 9.76. The molecule has 1 aliphatic rings. The van der Waals surface area contributed by atoms with Gasteiger partial charge in [0.25, 0.3) is 0 Å². The van der Waals surface area contributed by atoms with Crippen molar-refractivity contribution in [2.75, 3.05) is 29.5 Å². The summed E-state index contributed by atoms with van der Waals surface area (Å²) in [6, 6.07) is 10.6. The van der Waals surface area contributed by atoms with Crippen molar-refractivity contribution in [2.24, 2.45) is 0 Å². The summed E-state index contributed by atoms with van der Waals surface area (Å²) < 4.78 is 0. The number of nitrogens with one attached hydrogen (secondary N) is 1. The minimum Gasteiger partial charge on any atom is -0.373 e. The summed E-state index contributed by atoms with van der Waals surface area (Å²) in [7, 11) is 1.84. The van der Waals surface area contributed by atoms with Gasteiger partial charge in [0.2, 0.25) is 5.95 Å². The first-order valence-electron chi connectivity index (χ1n) is 6.90. The van der Waals surface area contributed by atoms with Gasteiger partial charge in [-0.05, 0) is 24.0 Å². The van der Waals surface area contributed by atoms with Crippen LogP contribution in [0.25, 0.3) is 0 Å². The van der Waals surface area contributed by atoms with Crippen molar-refractivity contribution in [3.63, 3.8) is 0 Å². The SMILES string of the molecule is CNc1cc(N2CCCc3ccccc3C2)nc(N)n1. The van der Waals surface area contributed by atoms with Gasteiger partial charge in [-0.3, -0.25) is 0 Å². The number of benzene rings is 1. The number of hydrogen-bond acceptors (Lipinski definition) is 5. The van der Waals surface area contributed by atoms with E-state index in [-0.39, 0.29) is 0 Å². The molecular weight excluding hydrogens is 250 g/mol. The highest BCUT2D eigenvalue weighted by Crippen LogP contribution is 2.24. The van der Waals surface area contributed by atoms with Crippen LogP contribution in [0.15, 0.2) is 30.3 Å². The normalized spacial score (nSPS) is 14.6. The second-order valence-electron chi connectivity index (χ2n) is 5.01. The van der Waals surface area contributed by atoms with Gasteiger partial charge in [-0.1, -0.05) is 24.3 Å². The van der Waals surface area contributed by atoms with E-state index in [0.717, 1.165) is 37.6 Å². The maximum Gasteiger partial charge on any atom is 0.223 e. The Labute approximate surface area is 118 Å². The van der Waals surface area contributed by atoms with Gasteiger partial charge in [0.15, 0.2) is 0 Å². The maximum absolute atomic E-state index is 5.79. The Bertz CT molecular complexity index is 611. The molecule has 2 aromatic rings. The van der Waals surface area contributed by atoms with Gasteiger partial charge in [0, 0.05) is 26.2 Å². The number of aromatic nitrogens is 2. The Kier molecular flexibility index (Phi) is 3.41. The summed E-state index contributed by atoms with van der Waals surface area (Å²) in [6.45, 7) is 1.85. The zero-order valence-corrected chi connectivity index (χ0v) is 11.6. The van der Waals surface area contributed by atoms with Gasteiger partial charge >= 0.3 is 0 Å². The smallest absolute Gasteiger partial charge is 0.223 e. The Morgan fingerprint density at radius 1 is 1.20 bits per heavy atom. The van der Waals surface area contributed by atoms with Crippen LogP contribution < -0.4 is 16.0 Å². The van der Waals surface area contributed by atoms with E-state index >= 15 is 0 Å². The van der Waals surface area contributed by atoms with Crippen molar-refractivity contribution in [3.05, 3.63) is 41.5 Å². The summed E-state index contributed by atoms with van der Waals surface area (Å²) in [5.74, 6) is 1.95. The highest BCUT2D eigenvalue weighted by Gasteiger charge is 2.16. The van der Waals surface area contributed by atoms with E-state index in [4.69, 9.17) is 5.73 Å². The molecule has 0 spiro atoms. The molecule has 1 aliphatic heterocycles. The summed E-state index contributed by atoms with van der Waals surface area (Å²) in [4.78, 5) is 10.8. The topological polar surface area (TPSA) is 67.1 Å². The zero-order chi connectivity index (χ0) is 13.9. The third-order valence-electron chi connectivity index (χ3n) is 3.66. The first kappa shape index (κ1) is 12.7. The third kappa shape index (κ3) is 2.52. The average molecular weight is 269 g/mol. The average Bonchev–Trinajstić information content (AvgIpc) is 2.68. The van der Waals surface area contributed by atoms with E-state index in [2.05, 4.69) is 44.5 Å². The number of rotatable bonds is 2. The van der Waals surface area contributed by atoms with Gasteiger partial charge < -0.3 is 16.0 Å². The monoisotopic (exact) mass is 269 g/mol. The number of anilines is 3. The maximum atomic E-state index is 5.79. The molecule has 20 heavy (non-hydrogen) atoms. The first-order valence-corrected chi connectivity index (χ1v) is 6.90. The molecule has 104 valence electrons. The van der Waals surface area contributed by atoms with Crippen LogP contribution in [0.3, 0.4) is 0 Å². The van der Waals surface area contributed by atoms with Crippen molar-refractivity contribution in [1.82, 2.24) is 9.97 Å². The fraction of sp³-hybridized carbons (Fsp3) is 0.333. The molecule has 0 aliphatic carbocycles. The Morgan fingerprint density at radius 2 is 2.00 bits per heavy atom. The molecule has 0 fully saturated rings. The van der Waals surface area contributed by atoms with Crippen LogP contribution in [0.4, 0.5) is 17.6 Å². The van der Waals surface area contributed by atoms with Crippen molar-refractivity contribution < 1.29 is 0 Å². The van der Waals surface area contributed by atoms with E-state index in [1.54, 1.807) is 0 Å². The molecule has 1 aromatic carbocycles. The van der Waals surface area contributed by atoms with E-state index in [1.165, 1.54) is 11.1 Å². The lowest BCUT2D eigenvalue weighted by atomic mass is 10.0. The van der Waals surface area contributed by atoms with Gasteiger partial charge in [0.05, 0.1) is 0 Å². The Balaban J connectivity index is 1.93. The van der Waals surface area contributed by atoms with Gasteiger partial charge in [0.1, 0.15) is 11.6 Å². The van der Waals surface area contributed by atoms with Gasteiger partial charge in [-0.25, -0.2) is 0 Å². The van der Waals surface area contributed by atoms with E-state index < -0.39 is 0 Å². The van der Waals surface area contributed by atoms with E-state index in [9.17, 15) is 0 Å². The number of fused-ring (bicyclic) bond motifs is 1. The minimum absolute atomic E-state index is 0.310. The fourth-order valence-corrected chi connectivity index (χ4v) is 2.64. The molecule has 0 radical (unpaired) electrons. The lowest BCUT2D eigenvalue weighted by Gasteiger charge is -2.22. The van der Waals surface area contributed by atoms with Crippen LogP contribution in [0, 0.1) is 0 Å². The molecule has 1 aromatic heterocycles. The molecule has 5 nitrogen and oxygen atoms in total. The van der Waals surface area contributed by atoms with Gasteiger partial charge in [-0.2, -0.15) is 9.97 Å². The standard InChI is InChI=1S/C15H19N5/c1-17-13-9-14(19-15(16)18-13)20-8-4-7-11-5-2-3-6-12(11)10-20/h2-3,5-6,9H,4,7-8,10H2,1H3,(H3,16,17,18,19). The summed E-state index contributed by atoms with van der Waals surface area (Å²) in [6.07, 6.45) is 2.24. The van der Waals surface area contributed by atoms with Crippen LogP contribution in [0.1, 0.15) is 17.5 Å². The molecule has 0 amide bonds. The van der Waals surface area contributed by atoms with Gasteiger partial charge in [-0.15, -0.1) is 0 Å². The van der Waals surface area contributed by atoms with Crippen LogP contribution in [-0.2, 0) is 13.0 Å². The molecule has 0 bridgehead atoms. The highest BCUT2D eigenvalue weighted by molar-refractivity contribution is 5.53. The number of aryl methyl sites for hydroxylation is 1. The lowest BCUT2D eigenvalue weighted by Crippen LogP contribution is -2.24. The fourth-order valence-electron chi connectivity index (χ4n) is 2.64. The third-order valence-corrected chi connectivity index (χ3v) is 3.66. The summed E-state index contributed by atoms with van der Waals surface area (Å²) in [5, 5.41) is 3.02. The lowest BCUT2D eigenvalue weighted by molar-refractivity contribution is 0.754. The summed E-state index contributed by atoms with van der Waals surface area (Å²) >= 11 is 0. The largest absolute Gasteiger partial charge is 0.373 e. The predicted molar refractivity (Wildman–Crippen MR) is 81.8 cm³/mol. The number of nitrogens with zero attached hydrogens (tertiary/aromatic N) is 3. The highest BCUT2D eigenvalue weighted by atomic mass is 15.2. The molecular formula is C15H19N5. The van der Waals surface area contributed by atoms with Crippen molar-refractivity contribution in [2.45, 2.75) is 19.4 Å². The molecule has 0 saturated carbocycles. The molecule has 3 N–H and O–H groups in total. The van der Waals surface area contributed by atoms with Crippen molar-refractivity contribution in [1.29, 1.82) is 0 Å². The van der Waals surface area contributed by atoms with Crippen LogP contribution in [-0.4, -0.2) is 23.6 Å². The number of nitrogen functional groups attached to an aromatic ring is 1. The van der Waals surface area contributed by atoms with Crippen molar-refractivity contribution in [3.8, 4) is 0 Å². The number of hydrogen-bond donors (Lipinski definition) is 2. The second-order valence-corrected chi connectivity index (χ2v) is 5.01. The summed E-state index contributed by atoms with van der Waals surface area (Å²) in [5.41, 5.74) is 8.59. The van der Waals surface area contributed by atoms with E-state index in [1.807, 2.05) is 13.1 Å². The zero-order valence-electron chi connectivity index (χ0n) is 11.6. The molecule has 5 heteroatoms.